The summed E-state index contributed by atoms with van der Waals surface area (Å²) < 4.78 is 5.68. The van der Waals surface area contributed by atoms with Crippen LogP contribution in [0.1, 0.15) is 63.0 Å². The van der Waals surface area contributed by atoms with Crippen LogP contribution in [-0.2, 0) is 14.3 Å². The predicted octanol–water partition coefficient (Wildman–Crippen LogP) is 4.70. The third-order valence-corrected chi connectivity index (χ3v) is 7.12. The average molecular weight is 479 g/mol. The highest BCUT2D eigenvalue weighted by molar-refractivity contribution is 5.81. The van der Waals surface area contributed by atoms with Gasteiger partial charge in [0, 0.05) is 18.5 Å². The Morgan fingerprint density at radius 1 is 0.971 bits per heavy atom. The summed E-state index contributed by atoms with van der Waals surface area (Å²) in [5.74, 6) is -1.41. The lowest BCUT2D eigenvalue weighted by atomic mass is 9.83. The number of alkyl carbamates (subject to hydrolysis) is 1. The van der Waals surface area contributed by atoms with E-state index < -0.39 is 17.5 Å². The van der Waals surface area contributed by atoms with Gasteiger partial charge in [0.15, 0.2) is 0 Å². The van der Waals surface area contributed by atoms with Crippen LogP contribution in [-0.4, -0.2) is 42.3 Å². The molecule has 0 spiro atoms. The van der Waals surface area contributed by atoms with E-state index in [4.69, 9.17) is 9.84 Å². The maximum absolute atomic E-state index is 12.9. The first-order valence-corrected chi connectivity index (χ1v) is 12.4. The van der Waals surface area contributed by atoms with E-state index in [9.17, 15) is 14.4 Å². The SMILES string of the molecule is CC(C)(CNC(=O)C1CCCCC1NC(=O)OCC1c2ccccc2-c2ccccc21)CC(=O)O. The number of carboxylic acids is 1. The Balaban J connectivity index is 1.35. The van der Waals surface area contributed by atoms with Crippen molar-refractivity contribution in [2.24, 2.45) is 11.3 Å². The zero-order valence-electron chi connectivity index (χ0n) is 20.4. The number of hydrogen-bond donors (Lipinski definition) is 3. The Hall–Kier alpha value is -3.35. The number of aliphatic carboxylic acids is 1. The maximum atomic E-state index is 12.9. The first-order valence-electron chi connectivity index (χ1n) is 12.4. The van der Waals surface area contributed by atoms with Gasteiger partial charge in [0.2, 0.25) is 5.91 Å². The molecule has 1 fully saturated rings. The summed E-state index contributed by atoms with van der Waals surface area (Å²) in [7, 11) is 0. The van der Waals surface area contributed by atoms with Gasteiger partial charge in [0.05, 0.1) is 12.3 Å². The fourth-order valence-electron chi connectivity index (χ4n) is 5.34. The topological polar surface area (TPSA) is 105 Å². The molecule has 3 N–H and O–H groups in total. The van der Waals surface area contributed by atoms with Crippen molar-refractivity contribution in [3.63, 3.8) is 0 Å². The van der Waals surface area contributed by atoms with Crippen molar-refractivity contribution in [2.45, 2.75) is 57.9 Å². The number of benzene rings is 2. The Labute approximate surface area is 206 Å². The first-order chi connectivity index (χ1) is 16.7. The Kier molecular flexibility index (Phi) is 7.43. The van der Waals surface area contributed by atoms with Crippen molar-refractivity contribution in [1.29, 1.82) is 0 Å². The summed E-state index contributed by atoms with van der Waals surface area (Å²) >= 11 is 0. The van der Waals surface area contributed by atoms with Crippen molar-refractivity contribution in [3.8, 4) is 11.1 Å². The highest BCUT2D eigenvalue weighted by Crippen LogP contribution is 2.44. The number of carboxylic acid groups (broad SMARTS) is 1. The van der Waals surface area contributed by atoms with E-state index in [-0.39, 0.29) is 43.4 Å². The molecule has 0 heterocycles. The molecule has 2 unspecified atom stereocenters. The highest BCUT2D eigenvalue weighted by Gasteiger charge is 2.34. The van der Waals surface area contributed by atoms with E-state index in [1.54, 1.807) is 0 Å². The normalized spacial score (nSPS) is 19.4. The van der Waals surface area contributed by atoms with E-state index in [0.29, 0.717) is 12.8 Å². The van der Waals surface area contributed by atoms with Crippen LogP contribution in [0.2, 0.25) is 0 Å². The quantitative estimate of drug-likeness (QED) is 0.510. The number of nitrogens with one attached hydrogen (secondary N) is 2. The fraction of sp³-hybridized carbons (Fsp3) is 0.464. The fourth-order valence-corrected chi connectivity index (χ4v) is 5.34. The van der Waals surface area contributed by atoms with Gasteiger partial charge in [-0.1, -0.05) is 75.2 Å². The minimum Gasteiger partial charge on any atom is -0.481 e. The van der Waals surface area contributed by atoms with Gasteiger partial charge in [-0.05, 0) is 40.5 Å². The van der Waals surface area contributed by atoms with E-state index >= 15 is 0 Å². The van der Waals surface area contributed by atoms with E-state index in [2.05, 4.69) is 34.9 Å². The third-order valence-electron chi connectivity index (χ3n) is 7.12. The lowest BCUT2D eigenvalue weighted by Gasteiger charge is -2.32. The van der Waals surface area contributed by atoms with E-state index in [1.165, 1.54) is 11.1 Å². The van der Waals surface area contributed by atoms with Crippen molar-refractivity contribution < 1.29 is 24.2 Å². The highest BCUT2D eigenvalue weighted by atomic mass is 16.5. The molecule has 2 aliphatic rings. The van der Waals surface area contributed by atoms with Gasteiger partial charge in [0.1, 0.15) is 6.61 Å². The van der Waals surface area contributed by atoms with Crippen molar-refractivity contribution in [1.82, 2.24) is 10.6 Å². The minimum atomic E-state index is -0.892. The Morgan fingerprint density at radius 2 is 1.57 bits per heavy atom. The summed E-state index contributed by atoms with van der Waals surface area (Å²) in [5, 5.41) is 14.9. The van der Waals surface area contributed by atoms with Crippen LogP contribution in [0.25, 0.3) is 11.1 Å². The average Bonchev–Trinajstić information content (AvgIpc) is 3.14. The van der Waals surface area contributed by atoms with Crippen LogP contribution in [0.5, 0.6) is 0 Å². The molecule has 2 aliphatic carbocycles. The van der Waals surface area contributed by atoms with Crippen LogP contribution in [0.4, 0.5) is 4.79 Å². The Morgan fingerprint density at radius 3 is 2.20 bits per heavy atom. The van der Waals surface area contributed by atoms with Crippen LogP contribution >= 0.6 is 0 Å². The minimum absolute atomic E-state index is 0.0185. The first kappa shape index (κ1) is 24.8. The number of amides is 2. The van der Waals surface area contributed by atoms with Crippen molar-refractivity contribution >= 4 is 18.0 Å². The van der Waals surface area contributed by atoms with Crippen LogP contribution in [0, 0.1) is 11.3 Å². The molecule has 7 nitrogen and oxygen atoms in total. The monoisotopic (exact) mass is 478 g/mol. The van der Waals surface area contributed by atoms with Gasteiger partial charge < -0.3 is 20.5 Å². The predicted molar refractivity (Wildman–Crippen MR) is 133 cm³/mol. The maximum Gasteiger partial charge on any atom is 0.407 e. The van der Waals surface area contributed by atoms with Gasteiger partial charge in [-0.2, -0.15) is 0 Å². The summed E-state index contributed by atoms with van der Waals surface area (Å²) in [5.41, 5.74) is 4.10. The molecule has 35 heavy (non-hydrogen) atoms. The second-order valence-corrected chi connectivity index (χ2v) is 10.4. The molecular weight excluding hydrogens is 444 g/mol. The van der Waals surface area contributed by atoms with Crippen molar-refractivity contribution in [3.05, 3.63) is 59.7 Å². The molecule has 0 aliphatic heterocycles. The molecule has 0 radical (unpaired) electrons. The molecule has 2 amide bonds. The van der Waals surface area contributed by atoms with Gasteiger partial charge in [-0.25, -0.2) is 4.79 Å². The number of carbonyl (C=O) groups excluding carboxylic acids is 2. The molecule has 7 heteroatoms. The lowest BCUT2D eigenvalue weighted by molar-refractivity contribution is -0.139. The molecular formula is C28H34N2O5. The lowest BCUT2D eigenvalue weighted by Crippen LogP contribution is -2.50. The van der Waals surface area contributed by atoms with Crippen LogP contribution in [0.3, 0.4) is 0 Å². The zero-order valence-corrected chi connectivity index (χ0v) is 20.4. The summed E-state index contributed by atoms with van der Waals surface area (Å²) in [4.78, 5) is 36.7. The molecule has 186 valence electrons. The smallest absolute Gasteiger partial charge is 0.407 e. The van der Waals surface area contributed by atoms with Crippen LogP contribution in [0.15, 0.2) is 48.5 Å². The summed E-state index contributed by atoms with van der Waals surface area (Å²) in [6.45, 7) is 4.13. The standard InChI is InChI=1S/C28H34N2O5/c1-28(2,15-25(31)32)17-29-26(33)22-13-7-8-14-24(22)30-27(34)35-16-23-20-11-5-3-9-18(20)19-10-4-6-12-21(19)23/h3-6,9-12,22-24H,7-8,13-17H2,1-2H3,(H,29,33)(H,30,34)(H,31,32). The second kappa shape index (κ2) is 10.5. The molecule has 2 aromatic carbocycles. The van der Waals surface area contributed by atoms with E-state index in [0.717, 1.165) is 24.0 Å². The number of rotatable bonds is 8. The summed E-state index contributed by atoms with van der Waals surface area (Å²) in [6.07, 6.45) is 2.70. The Bertz CT molecular complexity index is 1050. The molecule has 0 bridgehead atoms. The number of fused-ring (bicyclic) bond motifs is 3. The van der Waals surface area contributed by atoms with Crippen molar-refractivity contribution in [2.75, 3.05) is 13.2 Å². The zero-order chi connectivity index (χ0) is 25.0. The molecule has 0 aromatic heterocycles. The number of carbonyl (C=O) groups is 3. The van der Waals surface area contributed by atoms with Gasteiger partial charge >= 0.3 is 12.1 Å². The van der Waals surface area contributed by atoms with Gasteiger partial charge in [-0.3, -0.25) is 9.59 Å². The molecule has 0 saturated heterocycles. The van der Waals surface area contributed by atoms with Gasteiger partial charge in [-0.15, -0.1) is 0 Å². The molecule has 4 rings (SSSR count). The molecule has 2 atom stereocenters. The third kappa shape index (κ3) is 5.84. The number of hydrogen-bond acceptors (Lipinski definition) is 4. The molecule has 2 aromatic rings. The summed E-state index contributed by atoms with van der Waals surface area (Å²) in [6, 6.07) is 16.1. The van der Waals surface area contributed by atoms with E-state index in [1.807, 2.05) is 38.1 Å². The van der Waals surface area contributed by atoms with Gasteiger partial charge in [0.25, 0.3) is 0 Å². The second-order valence-electron chi connectivity index (χ2n) is 10.4. The largest absolute Gasteiger partial charge is 0.481 e. The molecule has 1 saturated carbocycles. The number of ether oxygens (including phenoxy) is 1. The van der Waals surface area contributed by atoms with Crippen LogP contribution < -0.4 is 10.6 Å².